The van der Waals surface area contributed by atoms with Crippen molar-refractivity contribution in [2.45, 2.75) is 22.6 Å². The number of nitrogens with one attached hydrogen (secondary N) is 1. The Balaban J connectivity index is 1.88. The second-order valence-electron chi connectivity index (χ2n) is 6.61. The first-order valence-electron chi connectivity index (χ1n) is 8.78. The number of Topliss-reactive ketones (excluding diaryl/α,β-unsaturated/α-hetero) is 1. The third-order valence-corrected chi connectivity index (χ3v) is 7.01. The maximum Gasteiger partial charge on any atom is 0.190 e. The van der Waals surface area contributed by atoms with Crippen LogP contribution in [-0.4, -0.2) is 19.5 Å². The van der Waals surface area contributed by atoms with Crippen LogP contribution in [0.2, 0.25) is 0 Å². The number of fused-ring (bicyclic) bond motifs is 1. The zero-order valence-corrected chi connectivity index (χ0v) is 15.4. The van der Waals surface area contributed by atoms with Crippen LogP contribution in [0.15, 0.2) is 89.8 Å². The molecule has 0 spiro atoms. The lowest BCUT2D eigenvalue weighted by atomic mass is 10.00. The third-order valence-electron chi connectivity index (χ3n) is 4.88. The van der Waals surface area contributed by atoms with Gasteiger partial charge in [-0.1, -0.05) is 66.7 Å². The highest BCUT2D eigenvalue weighted by molar-refractivity contribution is 7.92. The first kappa shape index (κ1) is 17.5. The van der Waals surface area contributed by atoms with Gasteiger partial charge in [0.1, 0.15) is 5.25 Å². The van der Waals surface area contributed by atoms with E-state index in [1.54, 1.807) is 30.3 Å². The highest BCUT2D eigenvalue weighted by atomic mass is 32.2. The van der Waals surface area contributed by atoms with Crippen molar-refractivity contribution in [3.05, 3.63) is 96.1 Å². The van der Waals surface area contributed by atoms with Crippen LogP contribution >= 0.6 is 0 Å². The topological polar surface area (TPSA) is 63.2 Å². The van der Waals surface area contributed by atoms with E-state index in [2.05, 4.69) is 5.32 Å². The number of anilines is 1. The van der Waals surface area contributed by atoms with Gasteiger partial charge in [0, 0.05) is 12.1 Å². The number of hydrogen-bond donors (Lipinski definition) is 1. The molecule has 0 saturated carbocycles. The Morgan fingerprint density at radius 2 is 1.37 bits per heavy atom. The Morgan fingerprint density at radius 3 is 2.07 bits per heavy atom. The van der Waals surface area contributed by atoms with E-state index in [-0.39, 0.29) is 17.1 Å². The van der Waals surface area contributed by atoms with Crippen LogP contribution in [0, 0.1) is 0 Å². The summed E-state index contributed by atoms with van der Waals surface area (Å²) in [7, 11) is -3.86. The van der Waals surface area contributed by atoms with Gasteiger partial charge in [-0.3, -0.25) is 4.79 Å². The monoisotopic (exact) mass is 377 g/mol. The molecule has 0 bridgehead atoms. The van der Waals surface area contributed by atoms with Crippen LogP contribution in [0.5, 0.6) is 0 Å². The molecule has 4 nitrogen and oxygen atoms in total. The van der Waals surface area contributed by atoms with Crippen molar-refractivity contribution in [3.8, 4) is 0 Å². The summed E-state index contributed by atoms with van der Waals surface area (Å²) in [5.74, 6) is -0.301. The molecule has 27 heavy (non-hydrogen) atoms. The van der Waals surface area contributed by atoms with Gasteiger partial charge in [0.05, 0.1) is 10.9 Å². The molecule has 0 radical (unpaired) electrons. The van der Waals surface area contributed by atoms with Gasteiger partial charge in [0.25, 0.3) is 0 Å². The number of rotatable bonds is 3. The van der Waals surface area contributed by atoms with Crippen LogP contribution < -0.4 is 5.32 Å². The van der Waals surface area contributed by atoms with Gasteiger partial charge in [-0.05, 0) is 29.3 Å². The van der Waals surface area contributed by atoms with Crippen molar-refractivity contribution in [2.24, 2.45) is 0 Å². The van der Waals surface area contributed by atoms with Gasteiger partial charge in [-0.2, -0.15) is 0 Å². The van der Waals surface area contributed by atoms with Crippen LogP contribution in [0.3, 0.4) is 0 Å². The third kappa shape index (κ3) is 3.26. The van der Waals surface area contributed by atoms with E-state index in [9.17, 15) is 13.2 Å². The molecule has 4 rings (SSSR count). The average Bonchev–Trinajstić information content (AvgIpc) is 2.85. The number of sulfone groups is 1. The van der Waals surface area contributed by atoms with E-state index in [1.165, 1.54) is 0 Å². The molecule has 0 amide bonds. The Kier molecular flexibility index (Phi) is 4.54. The number of para-hydroxylation sites is 1. The van der Waals surface area contributed by atoms with Crippen molar-refractivity contribution in [1.82, 2.24) is 0 Å². The molecule has 0 aromatic heterocycles. The number of carbonyl (C=O) groups is 1. The molecule has 1 aliphatic rings. The molecule has 2 unspecified atom stereocenters. The second-order valence-corrected chi connectivity index (χ2v) is 8.68. The number of carbonyl (C=O) groups excluding carboxylic acids is 1. The Hall–Kier alpha value is -2.92. The van der Waals surface area contributed by atoms with Gasteiger partial charge in [0.2, 0.25) is 0 Å². The van der Waals surface area contributed by atoms with Crippen LogP contribution in [0.25, 0.3) is 0 Å². The molecular formula is C22H19NO3S. The summed E-state index contributed by atoms with van der Waals surface area (Å²) in [6.07, 6.45) is 0.0865. The summed E-state index contributed by atoms with van der Waals surface area (Å²) in [6, 6.07) is 24.3. The predicted molar refractivity (Wildman–Crippen MR) is 105 cm³/mol. The van der Waals surface area contributed by atoms with E-state index >= 15 is 0 Å². The Labute approximate surface area is 158 Å². The summed E-state index contributed by atoms with van der Waals surface area (Å²) in [4.78, 5) is 13.3. The lowest BCUT2D eigenvalue weighted by Crippen LogP contribution is -2.39. The standard InChI is InChI=1S/C22H19NO3S/c24-20-15-17-11-7-8-14-19(17)23-21(16-9-3-1-4-10-16)22(20)27(25,26)18-12-5-2-6-13-18/h1-14,21-23H,15H2. The number of ketones is 1. The highest BCUT2D eigenvalue weighted by Crippen LogP contribution is 2.35. The summed E-state index contributed by atoms with van der Waals surface area (Å²) >= 11 is 0. The van der Waals surface area contributed by atoms with E-state index in [4.69, 9.17) is 0 Å². The summed E-state index contributed by atoms with van der Waals surface area (Å²) < 4.78 is 26.8. The minimum Gasteiger partial charge on any atom is -0.376 e. The first-order valence-corrected chi connectivity index (χ1v) is 10.3. The molecule has 0 saturated heterocycles. The largest absolute Gasteiger partial charge is 0.376 e. The second kappa shape index (κ2) is 7.00. The van der Waals surface area contributed by atoms with Gasteiger partial charge in [-0.25, -0.2) is 8.42 Å². The molecule has 2 atom stereocenters. The fourth-order valence-corrected chi connectivity index (χ4v) is 5.40. The van der Waals surface area contributed by atoms with Gasteiger partial charge < -0.3 is 5.32 Å². The normalized spacial score (nSPS) is 19.6. The van der Waals surface area contributed by atoms with Crippen molar-refractivity contribution < 1.29 is 13.2 Å². The molecule has 1 aliphatic heterocycles. The maximum atomic E-state index is 13.4. The smallest absolute Gasteiger partial charge is 0.190 e. The minimum atomic E-state index is -3.86. The van der Waals surface area contributed by atoms with E-state index in [0.717, 1.165) is 16.8 Å². The Morgan fingerprint density at radius 1 is 0.778 bits per heavy atom. The van der Waals surface area contributed by atoms with Gasteiger partial charge in [0.15, 0.2) is 15.6 Å². The van der Waals surface area contributed by atoms with Gasteiger partial charge >= 0.3 is 0 Å². The molecular weight excluding hydrogens is 358 g/mol. The van der Waals surface area contributed by atoms with Gasteiger partial charge in [-0.15, -0.1) is 0 Å². The number of hydrogen-bond acceptors (Lipinski definition) is 4. The fourth-order valence-electron chi connectivity index (χ4n) is 3.56. The van der Waals surface area contributed by atoms with Crippen molar-refractivity contribution in [2.75, 3.05) is 5.32 Å². The predicted octanol–water partition coefficient (Wildman–Crippen LogP) is 3.81. The van der Waals surface area contributed by atoms with Crippen LogP contribution in [-0.2, 0) is 21.1 Å². The van der Waals surface area contributed by atoms with E-state index in [0.29, 0.717) is 0 Å². The molecule has 3 aromatic carbocycles. The van der Waals surface area contributed by atoms with Crippen molar-refractivity contribution in [3.63, 3.8) is 0 Å². The van der Waals surface area contributed by atoms with Crippen LogP contribution in [0.4, 0.5) is 5.69 Å². The molecule has 136 valence electrons. The average molecular weight is 377 g/mol. The SMILES string of the molecule is O=C1Cc2ccccc2NC(c2ccccc2)C1S(=O)(=O)c1ccccc1. The lowest BCUT2D eigenvalue weighted by molar-refractivity contribution is -0.118. The minimum absolute atomic E-state index is 0.0865. The quantitative estimate of drug-likeness (QED) is 0.754. The number of benzene rings is 3. The molecule has 1 N–H and O–H groups in total. The first-order chi connectivity index (χ1) is 13.1. The summed E-state index contributed by atoms with van der Waals surface area (Å²) in [6.45, 7) is 0. The van der Waals surface area contributed by atoms with E-state index in [1.807, 2.05) is 54.6 Å². The summed E-state index contributed by atoms with van der Waals surface area (Å²) in [5, 5.41) is 2.13. The lowest BCUT2D eigenvalue weighted by Gasteiger charge is -2.26. The molecule has 1 heterocycles. The highest BCUT2D eigenvalue weighted by Gasteiger charge is 2.43. The maximum absolute atomic E-state index is 13.4. The van der Waals surface area contributed by atoms with E-state index < -0.39 is 21.1 Å². The fraction of sp³-hybridized carbons (Fsp3) is 0.136. The van der Waals surface area contributed by atoms with Crippen molar-refractivity contribution >= 4 is 21.3 Å². The molecule has 3 aromatic rings. The zero-order valence-electron chi connectivity index (χ0n) is 14.6. The molecule has 5 heteroatoms. The summed E-state index contributed by atoms with van der Waals surface area (Å²) in [5.41, 5.74) is 2.38. The Bertz CT molecular complexity index is 1060. The molecule has 0 aliphatic carbocycles. The molecule has 0 fully saturated rings. The van der Waals surface area contributed by atoms with Crippen LogP contribution in [0.1, 0.15) is 17.2 Å². The zero-order chi connectivity index (χ0) is 18.9. The van der Waals surface area contributed by atoms with Crippen molar-refractivity contribution in [1.29, 1.82) is 0 Å².